The molecule has 1 aliphatic carbocycles. The van der Waals surface area contributed by atoms with Crippen molar-refractivity contribution in [3.63, 3.8) is 0 Å². The first kappa shape index (κ1) is 17.9. The van der Waals surface area contributed by atoms with Crippen LogP contribution in [0.25, 0.3) is 0 Å². The van der Waals surface area contributed by atoms with Gasteiger partial charge in [-0.2, -0.15) is 0 Å². The van der Waals surface area contributed by atoms with Gasteiger partial charge in [0.2, 0.25) is 0 Å². The Hall–Kier alpha value is -1.95. The third kappa shape index (κ3) is 5.01. The summed E-state index contributed by atoms with van der Waals surface area (Å²) >= 11 is 0. The lowest BCUT2D eigenvalue weighted by molar-refractivity contribution is -0.00521. The number of hydrogen-bond acceptors (Lipinski definition) is 5. The lowest BCUT2D eigenvalue weighted by Gasteiger charge is -2.37. The molecule has 1 saturated heterocycles. The van der Waals surface area contributed by atoms with Gasteiger partial charge in [0.15, 0.2) is 0 Å². The lowest BCUT2D eigenvalue weighted by Crippen LogP contribution is -2.45. The van der Waals surface area contributed by atoms with Gasteiger partial charge in [-0.15, -0.1) is 0 Å². The second-order valence-electron chi connectivity index (χ2n) is 7.26. The topological polar surface area (TPSA) is 76.8 Å². The number of primary amides is 1. The first-order valence-electron chi connectivity index (χ1n) is 9.22. The summed E-state index contributed by atoms with van der Waals surface area (Å²) in [5, 5.41) is 3.59. The van der Waals surface area contributed by atoms with Crippen LogP contribution < -0.4 is 16.0 Å². The van der Waals surface area contributed by atoms with E-state index in [1.807, 2.05) is 0 Å². The molecule has 25 heavy (non-hydrogen) atoms. The molecule has 1 amide bonds. The second-order valence-corrected chi connectivity index (χ2v) is 7.26. The number of amides is 1. The lowest BCUT2D eigenvalue weighted by atomic mass is 9.93. The average molecular weight is 347 g/mol. The van der Waals surface area contributed by atoms with E-state index in [0.717, 1.165) is 44.5 Å². The molecular weight excluding hydrogens is 318 g/mol. The van der Waals surface area contributed by atoms with Gasteiger partial charge in [0.05, 0.1) is 12.2 Å². The number of ether oxygens (including phenoxy) is 2. The van der Waals surface area contributed by atoms with Gasteiger partial charge in [-0.05, 0) is 63.8 Å². The standard InChI is InChI=1S/C19H29N3O3/c1-13-11-22(12-14(2)24-13)17-7-3-15(4-8-17)21-16-5-9-18(10-6-16)25-19(20)23/h3-4,7-8,13-14,16,18,21H,5-6,9-12H2,1-2H3,(H2,20,23). The van der Waals surface area contributed by atoms with Crippen LogP contribution in [-0.2, 0) is 9.47 Å². The van der Waals surface area contributed by atoms with Gasteiger partial charge in [-0.25, -0.2) is 4.79 Å². The van der Waals surface area contributed by atoms with Gasteiger partial charge in [0.25, 0.3) is 0 Å². The summed E-state index contributed by atoms with van der Waals surface area (Å²) in [6.07, 6.45) is 3.53. The van der Waals surface area contributed by atoms with Crippen molar-refractivity contribution < 1.29 is 14.3 Å². The zero-order valence-electron chi connectivity index (χ0n) is 15.1. The molecule has 6 heteroatoms. The molecule has 2 atom stereocenters. The summed E-state index contributed by atoms with van der Waals surface area (Å²) < 4.78 is 10.9. The predicted molar refractivity (Wildman–Crippen MR) is 99.0 cm³/mol. The van der Waals surface area contributed by atoms with Crippen molar-refractivity contribution in [1.82, 2.24) is 0 Å². The van der Waals surface area contributed by atoms with Gasteiger partial charge < -0.3 is 25.4 Å². The molecule has 0 radical (unpaired) electrons. The zero-order valence-corrected chi connectivity index (χ0v) is 15.1. The molecule has 1 aromatic rings. The van der Waals surface area contributed by atoms with Crippen molar-refractivity contribution in [2.45, 2.75) is 63.9 Å². The molecule has 0 spiro atoms. The van der Waals surface area contributed by atoms with E-state index in [1.54, 1.807) is 0 Å². The Morgan fingerprint density at radius 2 is 1.72 bits per heavy atom. The first-order valence-corrected chi connectivity index (χ1v) is 9.22. The van der Waals surface area contributed by atoms with Gasteiger partial charge in [0.1, 0.15) is 6.10 Å². The monoisotopic (exact) mass is 347 g/mol. The molecule has 0 aromatic heterocycles. The highest BCUT2D eigenvalue weighted by Crippen LogP contribution is 2.26. The van der Waals surface area contributed by atoms with E-state index in [1.165, 1.54) is 5.69 Å². The first-order chi connectivity index (χ1) is 12.0. The number of nitrogens with one attached hydrogen (secondary N) is 1. The number of anilines is 2. The molecule has 1 heterocycles. The average Bonchev–Trinajstić information content (AvgIpc) is 2.56. The third-order valence-corrected chi connectivity index (χ3v) is 4.98. The Kier molecular flexibility index (Phi) is 5.68. The highest BCUT2D eigenvalue weighted by atomic mass is 16.6. The summed E-state index contributed by atoms with van der Waals surface area (Å²) in [4.78, 5) is 13.2. The van der Waals surface area contributed by atoms with Crippen molar-refractivity contribution in [3.8, 4) is 0 Å². The minimum Gasteiger partial charge on any atom is -0.446 e. The minimum atomic E-state index is -0.668. The molecule has 1 saturated carbocycles. The number of morpholine rings is 1. The Balaban J connectivity index is 1.51. The Labute approximate surface area is 149 Å². The maximum Gasteiger partial charge on any atom is 0.404 e. The second kappa shape index (κ2) is 7.95. The van der Waals surface area contributed by atoms with Crippen molar-refractivity contribution in [2.24, 2.45) is 5.73 Å². The summed E-state index contributed by atoms with van der Waals surface area (Å²) in [5.74, 6) is 0. The summed E-state index contributed by atoms with van der Waals surface area (Å²) in [5.41, 5.74) is 7.46. The van der Waals surface area contributed by atoms with Crippen LogP contribution in [0.15, 0.2) is 24.3 Å². The van der Waals surface area contributed by atoms with Crippen molar-refractivity contribution in [1.29, 1.82) is 0 Å². The summed E-state index contributed by atoms with van der Waals surface area (Å²) in [6.45, 7) is 6.11. The fourth-order valence-electron chi connectivity index (χ4n) is 3.88. The number of carbonyl (C=O) groups is 1. The molecule has 1 aromatic carbocycles. The van der Waals surface area contributed by atoms with E-state index in [2.05, 4.69) is 48.3 Å². The van der Waals surface area contributed by atoms with Crippen LogP contribution in [0.1, 0.15) is 39.5 Å². The molecule has 2 aliphatic rings. The van der Waals surface area contributed by atoms with Crippen LogP contribution in [0.3, 0.4) is 0 Å². The summed E-state index contributed by atoms with van der Waals surface area (Å²) in [7, 11) is 0. The smallest absolute Gasteiger partial charge is 0.404 e. The van der Waals surface area contributed by atoms with Crippen LogP contribution >= 0.6 is 0 Å². The number of carbonyl (C=O) groups excluding carboxylic acids is 1. The van der Waals surface area contributed by atoms with Gasteiger partial charge >= 0.3 is 6.09 Å². The van der Waals surface area contributed by atoms with Crippen LogP contribution in [0.2, 0.25) is 0 Å². The largest absolute Gasteiger partial charge is 0.446 e. The quantitative estimate of drug-likeness (QED) is 0.875. The van der Waals surface area contributed by atoms with Crippen LogP contribution in [0.5, 0.6) is 0 Å². The van der Waals surface area contributed by atoms with Gasteiger partial charge in [0, 0.05) is 30.5 Å². The normalized spacial score (nSPS) is 29.9. The SMILES string of the molecule is CC1CN(c2ccc(NC3CCC(OC(N)=O)CC3)cc2)CC(C)O1. The number of nitrogens with zero attached hydrogens (tertiary/aromatic N) is 1. The fraction of sp³-hybridized carbons (Fsp3) is 0.632. The maximum atomic E-state index is 10.8. The van der Waals surface area contributed by atoms with Gasteiger partial charge in [-0.1, -0.05) is 0 Å². The highest BCUT2D eigenvalue weighted by molar-refractivity contribution is 5.64. The van der Waals surface area contributed by atoms with E-state index in [9.17, 15) is 4.79 Å². The number of nitrogens with two attached hydrogens (primary N) is 1. The van der Waals surface area contributed by atoms with Gasteiger partial charge in [-0.3, -0.25) is 0 Å². The van der Waals surface area contributed by atoms with Crippen molar-refractivity contribution in [3.05, 3.63) is 24.3 Å². The van der Waals surface area contributed by atoms with E-state index in [-0.39, 0.29) is 18.3 Å². The van der Waals surface area contributed by atoms with Crippen LogP contribution in [-0.4, -0.2) is 43.5 Å². The molecule has 2 unspecified atom stereocenters. The van der Waals surface area contributed by atoms with Crippen LogP contribution in [0, 0.1) is 0 Å². The molecule has 2 fully saturated rings. The molecule has 3 N–H and O–H groups in total. The minimum absolute atomic E-state index is 0.0248. The maximum absolute atomic E-state index is 10.8. The van der Waals surface area contributed by atoms with Crippen molar-refractivity contribution >= 4 is 17.5 Å². The molecule has 3 rings (SSSR count). The fourth-order valence-corrected chi connectivity index (χ4v) is 3.88. The Bertz CT molecular complexity index is 560. The van der Waals surface area contributed by atoms with E-state index < -0.39 is 6.09 Å². The molecule has 138 valence electrons. The van der Waals surface area contributed by atoms with Crippen molar-refractivity contribution in [2.75, 3.05) is 23.3 Å². The zero-order chi connectivity index (χ0) is 17.8. The molecular formula is C19H29N3O3. The number of hydrogen-bond donors (Lipinski definition) is 2. The Morgan fingerprint density at radius 1 is 1.12 bits per heavy atom. The number of benzene rings is 1. The van der Waals surface area contributed by atoms with E-state index in [4.69, 9.17) is 15.2 Å². The molecule has 6 nitrogen and oxygen atoms in total. The predicted octanol–water partition coefficient (Wildman–Crippen LogP) is 3.12. The molecule has 0 bridgehead atoms. The Morgan fingerprint density at radius 3 is 2.28 bits per heavy atom. The van der Waals surface area contributed by atoms with Crippen LogP contribution in [0.4, 0.5) is 16.2 Å². The highest BCUT2D eigenvalue weighted by Gasteiger charge is 2.24. The molecule has 1 aliphatic heterocycles. The number of rotatable bonds is 4. The van der Waals surface area contributed by atoms with E-state index in [0.29, 0.717) is 6.04 Å². The van der Waals surface area contributed by atoms with E-state index >= 15 is 0 Å². The third-order valence-electron chi connectivity index (χ3n) is 4.98. The summed E-state index contributed by atoms with van der Waals surface area (Å²) in [6, 6.07) is 9.06.